The molecule has 1 aliphatic carbocycles. The Bertz CT molecular complexity index is 260. The summed E-state index contributed by atoms with van der Waals surface area (Å²) in [4.78, 5) is 14.3. The van der Waals surface area contributed by atoms with Gasteiger partial charge in [-0.25, -0.2) is 0 Å². The van der Waals surface area contributed by atoms with Gasteiger partial charge in [0.1, 0.15) is 0 Å². The summed E-state index contributed by atoms with van der Waals surface area (Å²) < 4.78 is 0. The van der Waals surface area contributed by atoms with E-state index in [4.69, 9.17) is 18.0 Å². The van der Waals surface area contributed by atoms with Crippen molar-refractivity contribution in [3.63, 3.8) is 0 Å². The number of amides is 1. The number of carbonyl (C=O) groups is 1. The van der Waals surface area contributed by atoms with E-state index < -0.39 is 0 Å². The molecule has 1 unspecified atom stereocenters. The van der Waals surface area contributed by atoms with Crippen LogP contribution in [0.2, 0.25) is 0 Å². The number of hydrogen-bond donors (Lipinski definition) is 1. The molecule has 1 amide bonds. The van der Waals surface area contributed by atoms with E-state index in [2.05, 4.69) is 0 Å². The van der Waals surface area contributed by atoms with Crippen molar-refractivity contribution in [1.82, 2.24) is 4.90 Å². The molecule has 0 saturated heterocycles. The number of carbonyl (C=O) groups excluding carboxylic acids is 1. The van der Waals surface area contributed by atoms with Gasteiger partial charge in [-0.05, 0) is 19.8 Å². The molecule has 0 aromatic heterocycles. The van der Waals surface area contributed by atoms with Crippen molar-refractivity contribution in [2.45, 2.75) is 51.5 Å². The quantitative estimate of drug-likeness (QED) is 0.609. The number of hydrogen-bond acceptors (Lipinski definition) is 2. The van der Waals surface area contributed by atoms with Crippen LogP contribution in [0.15, 0.2) is 0 Å². The van der Waals surface area contributed by atoms with Crippen molar-refractivity contribution >= 4 is 23.1 Å². The lowest BCUT2D eigenvalue weighted by Crippen LogP contribution is -2.45. The maximum absolute atomic E-state index is 12.2. The smallest absolute Gasteiger partial charge is 0.226 e. The molecule has 1 saturated carbocycles. The van der Waals surface area contributed by atoms with Crippen LogP contribution in [0.1, 0.15) is 45.4 Å². The molecule has 2 N–H and O–H groups in total. The molecule has 0 aromatic rings. The van der Waals surface area contributed by atoms with Gasteiger partial charge in [0.15, 0.2) is 0 Å². The largest absolute Gasteiger partial charge is 0.392 e. The van der Waals surface area contributed by atoms with Crippen molar-refractivity contribution in [2.24, 2.45) is 11.7 Å². The highest BCUT2D eigenvalue weighted by Gasteiger charge is 2.26. The van der Waals surface area contributed by atoms with Crippen molar-refractivity contribution in [1.29, 1.82) is 0 Å². The highest BCUT2D eigenvalue weighted by molar-refractivity contribution is 7.80. The van der Waals surface area contributed by atoms with Gasteiger partial charge in [-0.15, -0.1) is 0 Å². The first-order chi connectivity index (χ1) is 7.54. The van der Waals surface area contributed by atoms with Crippen LogP contribution in [0.3, 0.4) is 0 Å². The Kier molecular flexibility index (Phi) is 5.19. The van der Waals surface area contributed by atoms with E-state index in [1.54, 1.807) is 11.9 Å². The first kappa shape index (κ1) is 13.4. The molecule has 4 heteroatoms. The van der Waals surface area contributed by atoms with Crippen molar-refractivity contribution in [3.05, 3.63) is 0 Å². The van der Waals surface area contributed by atoms with Crippen LogP contribution in [-0.2, 0) is 4.79 Å². The zero-order valence-electron chi connectivity index (χ0n) is 10.2. The molecule has 0 radical (unpaired) electrons. The second-order valence-corrected chi connectivity index (χ2v) is 5.19. The summed E-state index contributed by atoms with van der Waals surface area (Å²) in [5.41, 5.74) is 5.57. The number of nitrogens with zero attached hydrogens (tertiary/aromatic N) is 1. The Morgan fingerprint density at radius 2 is 1.81 bits per heavy atom. The summed E-state index contributed by atoms with van der Waals surface area (Å²) in [5, 5.41) is 0. The lowest BCUT2D eigenvalue weighted by molar-refractivity contribution is -0.135. The molecular weight excluding hydrogens is 220 g/mol. The van der Waals surface area contributed by atoms with E-state index in [-0.39, 0.29) is 17.9 Å². The minimum atomic E-state index is -0.134. The van der Waals surface area contributed by atoms with Crippen LogP contribution in [0.4, 0.5) is 0 Å². The highest BCUT2D eigenvalue weighted by Crippen LogP contribution is 2.24. The van der Waals surface area contributed by atoms with Crippen molar-refractivity contribution < 1.29 is 4.79 Å². The predicted molar refractivity (Wildman–Crippen MR) is 70.2 cm³/mol. The SMILES string of the molecule is CC(C(N)=S)N(C)C(=O)C1CCCCCC1. The summed E-state index contributed by atoms with van der Waals surface area (Å²) in [6.45, 7) is 1.89. The standard InChI is InChI=1S/C12H22N2OS/c1-9(11(13)16)14(2)12(15)10-7-5-3-4-6-8-10/h9-10H,3-8H2,1-2H3,(H2,13,16). The lowest BCUT2D eigenvalue weighted by Gasteiger charge is -2.27. The van der Waals surface area contributed by atoms with Crippen LogP contribution in [0, 0.1) is 5.92 Å². The number of likely N-dealkylation sites (N-methyl/N-ethyl adjacent to an activating group) is 1. The minimum Gasteiger partial charge on any atom is -0.392 e. The molecule has 16 heavy (non-hydrogen) atoms. The molecule has 1 rings (SSSR count). The van der Waals surface area contributed by atoms with Gasteiger partial charge < -0.3 is 10.6 Å². The zero-order valence-corrected chi connectivity index (χ0v) is 11.1. The van der Waals surface area contributed by atoms with Gasteiger partial charge in [-0.2, -0.15) is 0 Å². The molecule has 0 aliphatic heterocycles. The molecule has 0 bridgehead atoms. The molecule has 1 aliphatic rings. The minimum absolute atomic E-state index is 0.134. The number of rotatable bonds is 3. The fraction of sp³-hybridized carbons (Fsp3) is 0.833. The lowest BCUT2D eigenvalue weighted by atomic mass is 9.98. The Morgan fingerprint density at radius 1 is 1.31 bits per heavy atom. The van der Waals surface area contributed by atoms with Crippen LogP contribution in [0.5, 0.6) is 0 Å². The fourth-order valence-electron chi connectivity index (χ4n) is 2.20. The predicted octanol–water partition coefficient (Wildman–Crippen LogP) is 2.09. The van der Waals surface area contributed by atoms with E-state index in [0.29, 0.717) is 4.99 Å². The molecule has 1 fully saturated rings. The average Bonchev–Trinajstić information content (AvgIpc) is 2.54. The van der Waals surface area contributed by atoms with Gasteiger partial charge in [-0.1, -0.05) is 37.9 Å². The molecule has 0 heterocycles. The third-order valence-corrected chi connectivity index (χ3v) is 3.89. The molecule has 3 nitrogen and oxygen atoms in total. The third kappa shape index (κ3) is 3.44. The van der Waals surface area contributed by atoms with Crippen LogP contribution in [-0.4, -0.2) is 28.9 Å². The maximum Gasteiger partial charge on any atom is 0.226 e. The monoisotopic (exact) mass is 242 g/mol. The highest BCUT2D eigenvalue weighted by atomic mass is 32.1. The topological polar surface area (TPSA) is 46.3 Å². The van der Waals surface area contributed by atoms with Gasteiger partial charge >= 0.3 is 0 Å². The Balaban J connectivity index is 2.57. The van der Waals surface area contributed by atoms with Gasteiger partial charge in [-0.3, -0.25) is 4.79 Å². The van der Waals surface area contributed by atoms with Crippen molar-refractivity contribution in [2.75, 3.05) is 7.05 Å². The van der Waals surface area contributed by atoms with Crippen LogP contribution < -0.4 is 5.73 Å². The van der Waals surface area contributed by atoms with Gasteiger partial charge in [0, 0.05) is 13.0 Å². The maximum atomic E-state index is 12.2. The van der Waals surface area contributed by atoms with Crippen LogP contribution >= 0.6 is 12.2 Å². The zero-order chi connectivity index (χ0) is 12.1. The Labute approximate surface area is 103 Å². The molecule has 1 atom stereocenters. The normalized spacial score (nSPS) is 19.9. The average molecular weight is 242 g/mol. The van der Waals surface area contributed by atoms with E-state index in [1.165, 1.54) is 25.7 Å². The van der Waals surface area contributed by atoms with E-state index >= 15 is 0 Å². The summed E-state index contributed by atoms with van der Waals surface area (Å²) in [6.07, 6.45) is 6.91. The van der Waals surface area contributed by atoms with E-state index in [1.807, 2.05) is 6.92 Å². The number of nitrogens with two attached hydrogens (primary N) is 1. The van der Waals surface area contributed by atoms with E-state index in [9.17, 15) is 4.79 Å². The molecule has 0 spiro atoms. The molecular formula is C12H22N2OS. The van der Waals surface area contributed by atoms with Gasteiger partial charge in [0.05, 0.1) is 11.0 Å². The van der Waals surface area contributed by atoms with Crippen molar-refractivity contribution in [3.8, 4) is 0 Å². The van der Waals surface area contributed by atoms with Gasteiger partial charge in [0.2, 0.25) is 5.91 Å². The molecule has 0 aromatic carbocycles. The van der Waals surface area contributed by atoms with Crippen LogP contribution in [0.25, 0.3) is 0 Å². The first-order valence-corrected chi connectivity index (χ1v) is 6.51. The first-order valence-electron chi connectivity index (χ1n) is 6.10. The summed E-state index contributed by atoms with van der Waals surface area (Å²) in [6, 6.07) is -0.134. The second-order valence-electron chi connectivity index (χ2n) is 4.72. The second kappa shape index (κ2) is 6.18. The third-order valence-electron chi connectivity index (χ3n) is 3.54. The summed E-state index contributed by atoms with van der Waals surface area (Å²) >= 11 is 4.93. The Hall–Kier alpha value is -0.640. The van der Waals surface area contributed by atoms with E-state index in [0.717, 1.165) is 12.8 Å². The molecule has 92 valence electrons. The summed E-state index contributed by atoms with van der Waals surface area (Å²) in [5.74, 6) is 0.395. The fourth-order valence-corrected chi connectivity index (χ4v) is 2.35. The summed E-state index contributed by atoms with van der Waals surface area (Å²) in [7, 11) is 1.80. The van der Waals surface area contributed by atoms with Gasteiger partial charge in [0.25, 0.3) is 0 Å². The number of thiocarbonyl (C=S) groups is 1. The Morgan fingerprint density at radius 3 is 2.25 bits per heavy atom.